The van der Waals surface area contributed by atoms with Gasteiger partial charge in [0.25, 0.3) is 0 Å². The van der Waals surface area contributed by atoms with Crippen LogP contribution in [0.25, 0.3) is 0 Å². The van der Waals surface area contributed by atoms with Crippen molar-refractivity contribution in [2.75, 3.05) is 0 Å². The van der Waals surface area contributed by atoms with Gasteiger partial charge in [-0.15, -0.1) is 0 Å². The molecule has 0 unspecified atom stereocenters. The van der Waals surface area contributed by atoms with Gasteiger partial charge in [-0.25, -0.2) is 4.39 Å². The number of hydrogen-bond acceptors (Lipinski definition) is 0. The zero-order valence-electron chi connectivity index (χ0n) is 16.7. The molecule has 27 heavy (non-hydrogen) atoms. The van der Waals surface area contributed by atoms with Crippen molar-refractivity contribution in [2.24, 2.45) is 11.8 Å². The molecule has 2 aromatic carbocycles. The Morgan fingerprint density at radius 1 is 0.815 bits per heavy atom. The highest BCUT2D eigenvalue weighted by Crippen LogP contribution is 2.27. The van der Waals surface area contributed by atoms with Gasteiger partial charge in [0.15, 0.2) is 0 Å². The topological polar surface area (TPSA) is 0 Å². The number of rotatable bonds is 0. The highest BCUT2D eigenvalue weighted by molar-refractivity contribution is 5.49. The minimum atomic E-state index is -0.299. The van der Waals surface area contributed by atoms with Crippen LogP contribution < -0.4 is 0 Å². The van der Waals surface area contributed by atoms with Gasteiger partial charge in [-0.2, -0.15) is 0 Å². The van der Waals surface area contributed by atoms with Crippen molar-refractivity contribution in [3.05, 3.63) is 69.5 Å². The van der Waals surface area contributed by atoms with Gasteiger partial charge in [0, 0.05) is 17.0 Å². The molecule has 1 aliphatic rings. The maximum absolute atomic E-state index is 14.4. The van der Waals surface area contributed by atoms with Crippen molar-refractivity contribution in [1.29, 1.82) is 0 Å². The van der Waals surface area contributed by atoms with E-state index >= 15 is 0 Å². The summed E-state index contributed by atoms with van der Waals surface area (Å²) in [7, 11) is 0. The first-order valence-electron chi connectivity index (χ1n) is 9.83. The molecule has 1 aliphatic carbocycles. The van der Waals surface area contributed by atoms with Crippen LogP contribution in [0.15, 0.2) is 30.3 Å². The molecule has 0 heterocycles. The molecule has 0 bridgehead atoms. The second-order valence-corrected chi connectivity index (χ2v) is 7.91. The highest BCUT2D eigenvalue weighted by atomic mass is 19.1. The number of hydrogen-bond donors (Lipinski definition) is 0. The fraction of sp³-hybridized carbons (Fsp3) is 0.385. The fourth-order valence-electron chi connectivity index (χ4n) is 3.53. The summed E-state index contributed by atoms with van der Waals surface area (Å²) in [6.45, 7) is 8.57. The van der Waals surface area contributed by atoms with E-state index in [0.29, 0.717) is 11.5 Å². The average Bonchev–Trinajstić information content (AvgIpc) is 2.65. The van der Waals surface area contributed by atoms with Crippen LogP contribution in [0.3, 0.4) is 0 Å². The first-order valence-corrected chi connectivity index (χ1v) is 9.83. The summed E-state index contributed by atoms with van der Waals surface area (Å²) >= 11 is 0. The van der Waals surface area contributed by atoms with Gasteiger partial charge in [-0.3, -0.25) is 0 Å². The van der Waals surface area contributed by atoms with Crippen molar-refractivity contribution in [1.82, 2.24) is 0 Å². The second kappa shape index (κ2) is 8.45. The minimum Gasteiger partial charge on any atom is -0.206 e. The average molecular weight is 359 g/mol. The van der Waals surface area contributed by atoms with Crippen molar-refractivity contribution in [3.8, 4) is 23.7 Å². The minimum absolute atomic E-state index is 0.299. The predicted octanol–water partition coefficient (Wildman–Crippen LogP) is 6.33. The third-order valence-electron chi connectivity index (χ3n) is 5.67. The quantitative estimate of drug-likeness (QED) is 0.483. The van der Waals surface area contributed by atoms with Gasteiger partial charge >= 0.3 is 0 Å². The standard InChI is InChI=1S/C26H27F/c1-18-5-7-22(8-6-18)9-10-23-11-13-25(26(27)17-23)14-12-24-15-19(2)21(4)20(3)16-24/h11,13,15-18,22H,5-8H2,1-4H3. The molecule has 0 radical (unpaired) electrons. The normalized spacial score (nSPS) is 18.9. The van der Waals surface area contributed by atoms with E-state index in [1.165, 1.54) is 35.6 Å². The van der Waals surface area contributed by atoms with Crippen LogP contribution in [-0.4, -0.2) is 0 Å². The molecule has 1 fully saturated rings. The largest absolute Gasteiger partial charge is 0.206 e. The molecule has 0 saturated heterocycles. The molecular formula is C26H27F. The first-order chi connectivity index (χ1) is 12.9. The van der Waals surface area contributed by atoms with Crippen LogP contribution in [-0.2, 0) is 0 Å². The van der Waals surface area contributed by atoms with Crippen LogP contribution >= 0.6 is 0 Å². The predicted molar refractivity (Wildman–Crippen MR) is 111 cm³/mol. The lowest BCUT2D eigenvalue weighted by molar-refractivity contribution is 0.337. The van der Waals surface area contributed by atoms with Crippen LogP contribution in [0.4, 0.5) is 4.39 Å². The summed E-state index contributed by atoms with van der Waals surface area (Å²) in [6.07, 6.45) is 4.82. The molecule has 2 aromatic rings. The monoisotopic (exact) mass is 358 g/mol. The van der Waals surface area contributed by atoms with E-state index in [-0.39, 0.29) is 5.82 Å². The molecule has 0 atom stereocenters. The Kier molecular flexibility index (Phi) is 6.03. The molecule has 0 nitrogen and oxygen atoms in total. The number of benzene rings is 2. The SMILES string of the molecule is Cc1cc(C#Cc2ccc(C#CC3CCC(C)CC3)cc2F)cc(C)c1C. The van der Waals surface area contributed by atoms with E-state index in [4.69, 9.17) is 0 Å². The zero-order chi connectivity index (χ0) is 19.4. The fourth-order valence-corrected chi connectivity index (χ4v) is 3.53. The van der Waals surface area contributed by atoms with Gasteiger partial charge in [-0.1, -0.05) is 30.6 Å². The number of aryl methyl sites for hydroxylation is 2. The van der Waals surface area contributed by atoms with E-state index in [0.717, 1.165) is 29.9 Å². The lowest BCUT2D eigenvalue weighted by Crippen LogP contribution is -2.10. The Labute approximate surface area is 163 Å². The molecule has 0 aromatic heterocycles. The molecule has 0 amide bonds. The molecule has 3 rings (SSSR count). The number of halogens is 1. The molecule has 1 heteroatoms. The summed E-state index contributed by atoms with van der Waals surface area (Å²) < 4.78 is 14.4. The molecule has 138 valence electrons. The summed E-state index contributed by atoms with van der Waals surface area (Å²) in [6, 6.07) is 9.23. The van der Waals surface area contributed by atoms with E-state index in [1.54, 1.807) is 6.07 Å². The van der Waals surface area contributed by atoms with E-state index in [1.807, 2.05) is 6.07 Å². The van der Waals surface area contributed by atoms with Crippen molar-refractivity contribution in [3.63, 3.8) is 0 Å². The van der Waals surface area contributed by atoms with E-state index in [2.05, 4.69) is 63.5 Å². The highest BCUT2D eigenvalue weighted by Gasteiger charge is 2.15. The Hall–Kier alpha value is -2.51. The van der Waals surface area contributed by atoms with Crippen molar-refractivity contribution < 1.29 is 4.39 Å². The second-order valence-electron chi connectivity index (χ2n) is 7.91. The van der Waals surface area contributed by atoms with Gasteiger partial charge < -0.3 is 0 Å². The van der Waals surface area contributed by atoms with Gasteiger partial charge in [0.05, 0.1) is 5.56 Å². The Morgan fingerprint density at radius 2 is 1.48 bits per heavy atom. The molecular weight excluding hydrogens is 331 g/mol. The Balaban J connectivity index is 1.75. The lowest BCUT2D eigenvalue weighted by Gasteiger charge is -2.21. The third-order valence-corrected chi connectivity index (χ3v) is 5.67. The van der Waals surface area contributed by atoms with Crippen LogP contribution in [0.5, 0.6) is 0 Å². The third kappa shape index (κ3) is 5.02. The molecule has 0 spiro atoms. The van der Waals surface area contributed by atoms with Crippen LogP contribution in [0.2, 0.25) is 0 Å². The summed E-state index contributed by atoms with van der Waals surface area (Å²) in [5.74, 6) is 13.5. The molecule has 1 saturated carbocycles. The lowest BCUT2D eigenvalue weighted by atomic mass is 9.83. The van der Waals surface area contributed by atoms with E-state index < -0.39 is 0 Å². The molecule has 0 aliphatic heterocycles. The zero-order valence-corrected chi connectivity index (χ0v) is 16.7. The van der Waals surface area contributed by atoms with Gasteiger partial charge in [-0.05, 0) is 99.4 Å². The van der Waals surface area contributed by atoms with E-state index in [9.17, 15) is 4.39 Å². The molecule has 0 N–H and O–H groups in total. The first kappa shape index (κ1) is 19.3. The van der Waals surface area contributed by atoms with Gasteiger partial charge in [0.2, 0.25) is 0 Å². The van der Waals surface area contributed by atoms with Crippen LogP contribution in [0, 0.1) is 62.1 Å². The maximum Gasteiger partial charge on any atom is 0.140 e. The maximum atomic E-state index is 14.4. The van der Waals surface area contributed by atoms with Crippen molar-refractivity contribution >= 4 is 0 Å². The van der Waals surface area contributed by atoms with Crippen molar-refractivity contribution in [2.45, 2.75) is 53.4 Å². The summed E-state index contributed by atoms with van der Waals surface area (Å²) in [5, 5.41) is 0. The van der Waals surface area contributed by atoms with Crippen LogP contribution in [0.1, 0.15) is 66.0 Å². The van der Waals surface area contributed by atoms with Gasteiger partial charge in [0.1, 0.15) is 5.82 Å². The smallest absolute Gasteiger partial charge is 0.140 e. The Morgan fingerprint density at radius 3 is 2.11 bits per heavy atom. The summed E-state index contributed by atoms with van der Waals surface area (Å²) in [4.78, 5) is 0. The Bertz CT molecular complexity index is 928. The summed E-state index contributed by atoms with van der Waals surface area (Å²) in [5.41, 5.74) is 5.78.